The molecular formula is C12H16F2N2O2. The highest BCUT2D eigenvalue weighted by atomic mass is 19.3. The Morgan fingerprint density at radius 1 is 1.44 bits per heavy atom. The third kappa shape index (κ3) is 5.09. The standard InChI is InChI=1S/C12H16F2N2O2/c1-8-4-9(6-10(15)5-8)12(17)16-2-3-18-7-11(13)14/h4-6,11H,2-3,7,15H2,1H3,(H,16,17). The minimum Gasteiger partial charge on any atom is -0.399 e. The summed E-state index contributed by atoms with van der Waals surface area (Å²) in [6, 6.07) is 5.01. The number of alkyl halides is 2. The number of hydrogen-bond acceptors (Lipinski definition) is 3. The number of carbonyl (C=O) groups excluding carboxylic acids is 1. The van der Waals surface area contributed by atoms with Gasteiger partial charge in [0.1, 0.15) is 6.61 Å². The average Bonchev–Trinajstić information content (AvgIpc) is 2.26. The molecule has 0 saturated heterocycles. The Bertz CT molecular complexity index is 391. The molecule has 0 aliphatic rings. The third-order valence-corrected chi connectivity index (χ3v) is 2.14. The van der Waals surface area contributed by atoms with E-state index < -0.39 is 13.0 Å². The van der Waals surface area contributed by atoms with Crippen LogP contribution in [0.25, 0.3) is 0 Å². The van der Waals surface area contributed by atoms with Gasteiger partial charge in [0.25, 0.3) is 12.3 Å². The van der Waals surface area contributed by atoms with E-state index in [1.165, 1.54) is 0 Å². The van der Waals surface area contributed by atoms with Gasteiger partial charge in [0.2, 0.25) is 0 Å². The van der Waals surface area contributed by atoms with E-state index in [1.54, 1.807) is 18.2 Å². The molecule has 100 valence electrons. The van der Waals surface area contributed by atoms with Gasteiger partial charge in [-0.15, -0.1) is 0 Å². The van der Waals surface area contributed by atoms with E-state index in [4.69, 9.17) is 5.73 Å². The van der Waals surface area contributed by atoms with Crippen molar-refractivity contribution < 1.29 is 18.3 Å². The number of nitrogen functional groups attached to an aromatic ring is 1. The lowest BCUT2D eigenvalue weighted by molar-refractivity contribution is 0.0188. The molecule has 4 nitrogen and oxygen atoms in total. The molecule has 1 amide bonds. The average molecular weight is 258 g/mol. The van der Waals surface area contributed by atoms with E-state index in [1.807, 2.05) is 6.92 Å². The lowest BCUT2D eigenvalue weighted by Gasteiger charge is -2.07. The maximum absolute atomic E-state index is 11.7. The molecular weight excluding hydrogens is 242 g/mol. The largest absolute Gasteiger partial charge is 0.399 e. The second-order valence-electron chi connectivity index (χ2n) is 3.85. The van der Waals surface area contributed by atoms with Gasteiger partial charge < -0.3 is 15.8 Å². The Kier molecular flexibility index (Phi) is 5.51. The van der Waals surface area contributed by atoms with Crippen molar-refractivity contribution in [2.45, 2.75) is 13.3 Å². The van der Waals surface area contributed by atoms with Crippen LogP contribution >= 0.6 is 0 Å². The molecule has 1 rings (SSSR count). The summed E-state index contributed by atoms with van der Waals surface area (Å²) in [6.45, 7) is 1.45. The molecule has 1 aromatic rings. The molecule has 0 radical (unpaired) electrons. The molecule has 0 unspecified atom stereocenters. The highest BCUT2D eigenvalue weighted by Gasteiger charge is 2.06. The normalized spacial score (nSPS) is 10.7. The van der Waals surface area contributed by atoms with E-state index >= 15 is 0 Å². The van der Waals surface area contributed by atoms with Gasteiger partial charge in [-0.05, 0) is 30.7 Å². The minimum atomic E-state index is -2.49. The lowest BCUT2D eigenvalue weighted by Crippen LogP contribution is -2.28. The lowest BCUT2D eigenvalue weighted by atomic mass is 10.1. The number of nitrogens with two attached hydrogens (primary N) is 1. The molecule has 0 aromatic heterocycles. The molecule has 18 heavy (non-hydrogen) atoms. The van der Waals surface area contributed by atoms with E-state index in [0.29, 0.717) is 11.3 Å². The van der Waals surface area contributed by atoms with Crippen molar-refractivity contribution in [2.24, 2.45) is 0 Å². The molecule has 0 fully saturated rings. The summed E-state index contributed by atoms with van der Waals surface area (Å²) in [6.07, 6.45) is -2.49. The first kappa shape index (κ1) is 14.4. The van der Waals surface area contributed by atoms with Gasteiger partial charge in [-0.1, -0.05) is 0 Å². The van der Waals surface area contributed by atoms with Crippen molar-refractivity contribution in [3.8, 4) is 0 Å². The summed E-state index contributed by atoms with van der Waals surface area (Å²) in [7, 11) is 0. The predicted molar refractivity (Wildman–Crippen MR) is 64.7 cm³/mol. The molecule has 3 N–H and O–H groups in total. The van der Waals surface area contributed by atoms with Crippen molar-refractivity contribution in [2.75, 3.05) is 25.5 Å². The Morgan fingerprint density at radius 3 is 2.78 bits per heavy atom. The Labute approximate surface area is 104 Å². The van der Waals surface area contributed by atoms with Gasteiger partial charge in [0.05, 0.1) is 6.61 Å². The molecule has 0 atom stereocenters. The number of aryl methyl sites for hydroxylation is 1. The predicted octanol–water partition coefficient (Wildman–Crippen LogP) is 1.59. The number of ether oxygens (including phenoxy) is 1. The van der Waals surface area contributed by atoms with Gasteiger partial charge in [0, 0.05) is 17.8 Å². The van der Waals surface area contributed by atoms with Crippen molar-refractivity contribution in [1.82, 2.24) is 5.32 Å². The van der Waals surface area contributed by atoms with E-state index in [0.717, 1.165) is 5.56 Å². The summed E-state index contributed by atoms with van der Waals surface area (Å²) < 4.78 is 28.1. The van der Waals surface area contributed by atoms with Crippen LogP contribution in [0.2, 0.25) is 0 Å². The summed E-state index contributed by atoms with van der Waals surface area (Å²) in [4.78, 5) is 11.7. The first-order valence-electron chi connectivity index (χ1n) is 5.50. The van der Waals surface area contributed by atoms with Gasteiger partial charge in [-0.2, -0.15) is 0 Å². The first-order chi connectivity index (χ1) is 8.49. The Hall–Kier alpha value is -1.69. The summed E-state index contributed by atoms with van der Waals surface area (Å²) in [5.41, 5.74) is 7.46. The number of carbonyl (C=O) groups is 1. The maximum atomic E-state index is 11.7. The fourth-order valence-electron chi connectivity index (χ4n) is 1.46. The molecule has 0 saturated carbocycles. The maximum Gasteiger partial charge on any atom is 0.261 e. The zero-order chi connectivity index (χ0) is 13.5. The van der Waals surface area contributed by atoms with Crippen molar-refractivity contribution in [1.29, 1.82) is 0 Å². The van der Waals surface area contributed by atoms with Crippen LogP contribution in [0, 0.1) is 6.92 Å². The van der Waals surface area contributed by atoms with Crippen LogP contribution in [0.15, 0.2) is 18.2 Å². The number of hydrogen-bond donors (Lipinski definition) is 2. The molecule has 0 aliphatic heterocycles. The minimum absolute atomic E-state index is 0.0530. The van der Waals surface area contributed by atoms with E-state index in [-0.39, 0.29) is 19.1 Å². The zero-order valence-electron chi connectivity index (χ0n) is 10.1. The second-order valence-corrected chi connectivity index (χ2v) is 3.85. The van der Waals surface area contributed by atoms with Crippen LogP contribution in [-0.2, 0) is 4.74 Å². The molecule has 1 aromatic carbocycles. The monoisotopic (exact) mass is 258 g/mol. The number of nitrogens with one attached hydrogen (secondary N) is 1. The number of rotatable bonds is 6. The Morgan fingerprint density at radius 2 is 2.17 bits per heavy atom. The van der Waals surface area contributed by atoms with Crippen LogP contribution in [0.5, 0.6) is 0 Å². The van der Waals surface area contributed by atoms with E-state index in [2.05, 4.69) is 10.1 Å². The van der Waals surface area contributed by atoms with Crippen molar-refractivity contribution in [3.05, 3.63) is 29.3 Å². The smallest absolute Gasteiger partial charge is 0.261 e. The van der Waals surface area contributed by atoms with Gasteiger partial charge in [0.15, 0.2) is 0 Å². The molecule has 0 spiro atoms. The van der Waals surface area contributed by atoms with Crippen LogP contribution in [0.4, 0.5) is 14.5 Å². The topological polar surface area (TPSA) is 64.4 Å². The Balaban J connectivity index is 2.36. The van der Waals surface area contributed by atoms with Gasteiger partial charge >= 0.3 is 0 Å². The van der Waals surface area contributed by atoms with Crippen LogP contribution < -0.4 is 11.1 Å². The number of benzene rings is 1. The quantitative estimate of drug-likeness (QED) is 0.601. The van der Waals surface area contributed by atoms with Crippen LogP contribution in [-0.4, -0.2) is 32.1 Å². The first-order valence-corrected chi connectivity index (χ1v) is 5.50. The molecule has 0 heterocycles. The summed E-state index contributed by atoms with van der Waals surface area (Å²) in [5, 5.41) is 2.56. The van der Waals surface area contributed by atoms with Crippen molar-refractivity contribution in [3.63, 3.8) is 0 Å². The third-order valence-electron chi connectivity index (χ3n) is 2.14. The van der Waals surface area contributed by atoms with Crippen molar-refractivity contribution >= 4 is 11.6 Å². The second kappa shape index (κ2) is 6.90. The highest BCUT2D eigenvalue weighted by Crippen LogP contribution is 2.10. The fraction of sp³-hybridized carbons (Fsp3) is 0.417. The molecule has 0 bridgehead atoms. The summed E-state index contributed by atoms with van der Waals surface area (Å²) in [5.74, 6) is -0.300. The van der Waals surface area contributed by atoms with Crippen LogP contribution in [0.3, 0.4) is 0 Å². The number of anilines is 1. The molecule has 6 heteroatoms. The molecule has 0 aliphatic carbocycles. The van der Waals surface area contributed by atoms with Gasteiger partial charge in [-0.3, -0.25) is 4.79 Å². The number of halogens is 2. The fourth-order valence-corrected chi connectivity index (χ4v) is 1.46. The summed E-state index contributed by atoms with van der Waals surface area (Å²) >= 11 is 0. The van der Waals surface area contributed by atoms with Crippen LogP contribution in [0.1, 0.15) is 15.9 Å². The highest BCUT2D eigenvalue weighted by molar-refractivity contribution is 5.95. The zero-order valence-corrected chi connectivity index (χ0v) is 10.1. The number of amides is 1. The van der Waals surface area contributed by atoms with E-state index in [9.17, 15) is 13.6 Å². The van der Waals surface area contributed by atoms with Gasteiger partial charge in [-0.25, -0.2) is 8.78 Å². The SMILES string of the molecule is Cc1cc(N)cc(C(=O)NCCOCC(F)F)c1.